The number of nitrogens with two attached hydrogens (primary N) is 1. The molecular weight excluding hydrogens is 267 g/mol. The molecule has 3 N–H and O–H groups in total. The van der Waals surface area contributed by atoms with Crippen molar-refractivity contribution in [1.82, 2.24) is 5.32 Å². The maximum Gasteiger partial charge on any atom is 0.237 e. The van der Waals surface area contributed by atoms with Crippen molar-refractivity contribution in [2.45, 2.75) is 53.1 Å². The average Bonchev–Trinajstić information content (AvgIpc) is 2.34. The van der Waals surface area contributed by atoms with Crippen molar-refractivity contribution < 1.29 is 9.18 Å². The van der Waals surface area contributed by atoms with Gasteiger partial charge in [0.15, 0.2) is 0 Å². The standard InChI is InChI=1S/C17H27FN2O/c1-11(2)10-14(19)16(21)20-15(17(3,4)5)12-6-8-13(18)9-7-12/h6-9,11,14-15H,10,19H2,1-5H3,(H,20,21). The minimum atomic E-state index is -0.518. The number of benzene rings is 1. The van der Waals surface area contributed by atoms with Gasteiger partial charge in [-0.3, -0.25) is 4.79 Å². The number of amides is 1. The molecule has 0 fully saturated rings. The fraction of sp³-hybridized carbons (Fsp3) is 0.588. The summed E-state index contributed by atoms with van der Waals surface area (Å²) < 4.78 is 13.1. The van der Waals surface area contributed by atoms with Crippen LogP contribution >= 0.6 is 0 Å². The summed E-state index contributed by atoms with van der Waals surface area (Å²) >= 11 is 0. The van der Waals surface area contributed by atoms with Crippen LogP contribution in [0.5, 0.6) is 0 Å². The lowest BCUT2D eigenvalue weighted by Crippen LogP contribution is -2.46. The van der Waals surface area contributed by atoms with Crippen molar-refractivity contribution in [1.29, 1.82) is 0 Å². The highest BCUT2D eigenvalue weighted by molar-refractivity contribution is 5.82. The highest BCUT2D eigenvalue weighted by Gasteiger charge is 2.29. The second-order valence-corrected chi connectivity index (χ2v) is 7.10. The maximum absolute atomic E-state index is 13.1. The predicted octanol–water partition coefficient (Wildman–Crippen LogP) is 3.40. The van der Waals surface area contributed by atoms with E-state index >= 15 is 0 Å². The van der Waals surface area contributed by atoms with Crippen LogP contribution in [-0.4, -0.2) is 11.9 Å². The van der Waals surface area contributed by atoms with Crippen molar-refractivity contribution in [3.05, 3.63) is 35.6 Å². The van der Waals surface area contributed by atoms with Gasteiger partial charge in [-0.2, -0.15) is 0 Å². The number of rotatable bonds is 5. The first-order valence-corrected chi connectivity index (χ1v) is 7.42. The number of nitrogens with one attached hydrogen (secondary N) is 1. The molecule has 0 aliphatic heterocycles. The summed E-state index contributed by atoms with van der Waals surface area (Å²) in [6, 6.07) is 5.51. The first kappa shape index (κ1) is 17.6. The molecule has 0 saturated carbocycles. The van der Waals surface area contributed by atoms with Gasteiger partial charge in [0.2, 0.25) is 5.91 Å². The molecule has 0 heterocycles. The van der Waals surface area contributed by atoms with Gasteiger partial charge in [-0.15, -0.1) is 0 Å². The molecular formula is C17H27FN2O. The Balaban J connectivity index is 2.90. The fourth-order valence-corrected chi connectivity index (χ4v) is 2.32. The van der Waals surface area contributed by atoms with Crippen LogP contribution < -0.4 is 11.1 Å². The molecule has 0 spiro atoms. The molecule has 0 radical (unpaired) electrons. The van der Waals surface area contributed by atoms with Gasteiger partial charge in [0.05, 0.1) is 12.1 Å². The first-order valence-electron chi connectivity index (χ1n) is 7.42. The number of hydrogen-bond acceptors (Lipinski definition) is 2. The van der Waals surface area contributed by atoms with E-state index in [1.807, 2.05) is 34.6 Å². The van der Waals surface area contributed by atoms with Crippen LogP contribution in [0.25, 0.3) is 0 Å². The molecule has 1 aromatic rings. The molecule has 2 unspecified atom stereocenters. The summed E-state index contributed by atoms with van der Waals surface area (Å²) in [6.07, 6.45) is 0.645. The Hall–Kier alpha value is -1.42. The lowest BCUT2D eigenvalue weighted by molar-refractivity contribution is -0.124. The van der Waals surface area contributed by atoms with Crippen LogP contribution in [0.3, 0.4) is 0 Å². The van der Waals surface area contributed by atoms with Gasteiger partial charge < -0.3 is 11.1 Å². The Bertz CT molecular complexity index is 463. The molecule has 1 rings (SSSR count). The average molecular weight is 294 g/mol. The smallest absolute Gasteiger partial charge is 0.237 e. The largest absolute Gasteiger partial charge is 0.347 e. The molecule has 0 aromatic heterocycles. The van der Waals surface area contributed by atoms with E-state index in [1.54, 1.807) is 12.1 Å². The SMILES string of the molecule is CC(C)CC(N)C(=O)NC(c1ccc(F)cc1)C(C)(C)C. The molecule has 1 amide bonds. The molecule has 0 aliphatic carbocycles. The number of carbonyl (C=O) groups is 1. The van der Waals surface area contributed by atoms with Crippen molar-refractivity contribution in [3.63, 3.8) is 0 Å². The summed E-state index contributed by atoms with van der Waals surface area (Å²) in [6.45, 7) is 10.2. The van der Waals surface area contributed by atoms with E-state index in [0.29, 0.717) is 12.3 Å². The van der Waals surface area contributed by atoms with E-state index in [1.165, 1.54) is 12.1 Å². The van der Waals surface area contributed by atoms with Gasteiger partial charge in [0.1, 0.15) is 5.82 Å². The molecule has 2 atom stereocenters. The van der Waals surface area contributed by atoms with E-state index in [-0.39, 0.29) is 23.2 Å². The van der Waals surface area contributed by atoms with Crippen LogP contribution in [-0.2, 0) is 4.79 Å². The van der Waals surface area contributed by atoms with Gasteiger partial charge in [-0.1, -0.05) is 46.8 Å². The normalized spacial score (nSPS) is 14.9. The summed E-state index contributed by atoms with van der Waals surface area (Å²) in [7, 11) is 0. The summed E-state index contributed by atoms with van der Waals surface area (Å²) in [5, 5.41) is 3.01. The topological polar surface area (TPSA) is 55.1 Å². The van der Waals surface area contributed by atoms with Gasteiger partial charge in [-0.05, 0) is 35.4 Å². The lowest BCUT2D eigenvalue weighted by Gasteiger charge is -2.33. The van der Waals surface area contributed by atoms with Crippen molar-refractivity contribution in [2.75, 3.05) is 0 Å². The second-order valence-electron chi connectivity index (χ2n) is 7.10. The molecule has 3 nitrogen and oxygen atoms in total. The van der Waals surface area contributed by atoms with Crippen LogP contribution in [0, 0.1) is 17.2 Å². The second kappa shape index (κ2) is 7.03. The number of hydrogen-bond donors (Lipinski definition) is 2. The molecule has 118 valence electrons. The Morgan fingerprint density at radius 1 is 1.24 bits per heavy atom. The third-order valence-electron chi connectivity index (χ3n) is 3.42. The molecule has 0 saturated heterocycles. The van der Waals surface area contributed by atoms with E-state index in [2.05, 4.69) is 5.32 Å². The van der Waals surface area contributed by atoms with E-state index in [9.17, 15) is 9.18 Å². The zero-order chi connectivity index (χ0) is 16.2. The van der Waals surface area contributed by atoms with Gasteiger partial charge >= 0.3 is 0 Å². The monoisotopic (exact) mass is 294 g/mol. The minimum absolute atomic E-state index is 0.159. The molecule has 1 aromatic carbocycles. The lowest BCUT2D eigenvalue weighted by atomic mass is 9.82. The van der Waals surface area contributed by atoms with Crippen molar-refractivity contribution in [2.24, 2.45) is 17.1 Å². The van der Waals surface area contributed by atoms with Gasteiger partial charge in [0, 0.05) is 0 Å². The Labute approximate surface area is 127 Å². The molecule has 21 heavy (non-hydrogen) atoms. The van der Waals surface area contributed by atoms with E-state index < -0.39 is 6.04 Å². The zero-order valence-corrected chi connectivity index (χ0v) is 13.6. The molecule has 0 aliphatic rings. The fourth-order valence-electron chi connectivity index (χ4n) is 2.32. The van der Waals surface area contributed by atoms with Crippen LogP contribution in [0.2, 0.25) is 0 Å². The third kappa shape index (κ3) is 5.46. The Kier molecular flexibility index (Phi) is 5.90. The highest BCUT2D eigenvalue weighted by Crippen LogP contribution is 2.32. The van der Waals surface area contributed by atoms with Crippen LogP contribution in [0.15, 0.2) is 24.3 Å². The first-order chi connectivity index (χ1) is 9.61. The maximum atomic E-state index is 13.1. The van der Waals surface area contributed by atoms with Crippen molar-refractivity contribution >= 4 is 5.91 Å². The summed E-state index contributed by atoms with van der Waals surface area (Å²) in [5.41, 5.74) is 6.63. The summed E-state index contributed by atoms with van der Waals surface area (Å²) in [5.74, 6) is -0.0770. The third-order valence-corrected chi connectivity index (χ3v) is 3.42. The highest BCUT2D eigenvalue weighted by atomic mass is 19.1. The summed E-state index contributed by atoms with van der Waals surface area (Å²) in [4.78, 5) is 12.3. The van der Waals surface area contributed by atoms with Crippen molar-refractivity contribution in [3.8, 4) is 0 Å². The Morgan fingerprint density at radius 3 is 2.19 bits per heavy atom. The van der Waals surface area contributed by atoms with E-state index in [4.69, 9.17) is 5.73 Å². The number of carbonyl (C=O) groups excluding carboxylic acids is 1. The minimum Gasteiger partial charge on any atom is -0.347 e. The Morgan fingerprint density at radius 2 is 1.76 bits per heavy atom. The number of halogens is 1. The van der Waals surface area contributed by atoms with Crippen LogP contribution in [0.1, 0.15) is 52.6 Å². The van der Waals surface area contributed by atoms with E-state index in [0.717, 1.165) is 5.56 Å². The van der Waals surface area contributed by atoms with Gasteiger partial charge in [-0.25, -0.2) is 4.39 Å². The quantitative estimate of drug-likeness (QED) is 0.874. The van der Waals surface area contributed by atoms with Gasteiger partial charge in [0.25, 0.3) is 0 Å². The molecule has 4 heteroatoms. The predicted molar refractivity (Wildman–Crippen MR) is 84.2 cm³/mol. The van der Waals surface area contributed by atoms with Crippen LogP contribution in [0.4, 0.5) is 4.39 Å². The molecule has 0 bridgehead atoms. The zero-order valence-electron chi connectivity index (χ0n) is 13.6.